The summed E-state index contributed by atoms with van der Waals surface area (Å²) in [7, 11) is 0. The Morgan fingerprint density at radius 2 is 1.74 bits per heavy atom. The number of benzene rings is 3. The molecule has 0 spiro atoms. The topological polar surface area (TPSA) is 128 Å². The zero-order valence-electron chi connectivity index (χ0n) is 20.7. The van der Waals surface area contributed by atoms with Crippen molar-refractivity contribution in [3.8, 4) is 17.0 Å². The largest absolute Gasteiger partial charge is 0.494 e. The SMILES string of the molecule is CCOC(=O)c1ccc(N2C(=O)c3[nH]nc(-c4ccc(OCC)cc4)c3[C@@H]2c2ccccc2[N+](=O)[O-])cc1. The first-order chi connectivity index (χ1) is 18.4. The monoisotopic (exact) mass is 512 g/mol. The Morgan fingerprint density at radius 3 is 2.39 bits per heavy atom. The van der Waals surface area contributed by atoms with E-state index >= 15 is 0 Å². The molecule has 1 aromatic heterocycles. The number of esters is 1. The Labute approximate surface area is 218 Å². The molecule has 2 heterocycles. The third-order valence-electron chi connectivity index (χ3n) is 6.29. The minimum Gasteiger partial charge on any atom is -0.494 e. The van der Waals surface area contributed by atoms with Crippen molar-refractivity contribution in [2.45, 2.75) is 19.9 Å². The zero-order chi connectivity index (χ0) is 26.8. The molecule has 0 unspecified atom stereocenters. The van der Waals surface area contributed by atoms with Gasteiger partial charge in [-0.2, -0.15) is 5.10 Å². The number of carbonyl (C=O) groups excluding carboxylic acids is 2. The zero-order valence-corrected chi connectivity index (χ0v) is 20.7. The average Bonchev–Trinajstić information content (AvgIpc) is 3.48. The first-order valence-electron chi connectivity index (χ1n) is 12.1. The Hall–Kier alpha value is -4.99. The predicted octanol–water partition coefficient (Wildman–Crippen LogP) is 5.31. The van der Waals surface area contributed by atoms with E-state index in [1.54, 1.807) is 49.4 Å². The van der Waals surface area contributed by atoms with Gasteiger partial charge in [0.25, 0.3) is 11.6 Å². The van der Waals surface area contributed by atoms with Crippen LogP contribution in [-0.2, 0) is 4.74 Å². The molecule has 4 aromatic rings. The molecule has 1 N–H and O–H groups in total. The second-order valence-electron chi connectivity index (χ2n) is 8.48. The van der Waals surface area contributed by atoms with E-state index in [0.29, 0.717) is 40.4 Å². The van der Waals surface area contributed by atoms with Gasteiger partial charge in [0.1, 0.15) is 11.4 Å². The number of carbonyl (C=O) groups is 2. The fourth-order valence-corrected chi connectivity index (χ4v) is 4.66. The Morgan fingerprint density at radius 1 is 1.03 bits per heavy atom. The number of rotatable bonds is 8. The maximum atomic E-state index is 13.7. The number of aromatic nitrogens is 2. The summed E-state index contributed by atoms with van der Waals surface area (Å²) < 4.78 is 10.6. The molecule has 10 heteroatoms. The normalized spacial score (nSPS) is 14.3. The number of H-pyrrole nitrogens is 1. The number of ether oxygens (including phenoxy) is 2. The van der Waals surface area contributed by atoms with E-state index < -0.39 is 22.8 Å². The maximum absolute atomic E-state index is 13.7. The lowest BCUT2D eigenvalue weighted by Crippen LogP contribution is -2.29. The number of aromatic amines is 1. The number of fused-ring (bicyclic) bond motifs is 1. The Kier molecular flexibility index (Phi) is 6.61. The number of anilines is 1. The van der Waals surface area contributed by atoms with E-state index in [4.69, 9.17) is 9.47 Å². The van der Waals surface area contributed by atoms with Crippen molar-refractivity contribution in [1.82, 2.24) is 10.2 Å². The molecule has 1 amide bonds. The van der Waals surface area contributed by atoms with E-state index in [2.05, 4.69) is 10.2 Å². The smallest absolute Gasteiger partial charge is 0.338 e. The summed E-state index contributed by atoms with van der Waals surface area (Å²) in [5.41, 5.74) is 3.02. The lowest BCUT2D eigenvalue weighted by atomic mass is 9.94. The highest BCUT2D eigenvalue weighted by atomic mass is 16.6. The van der Waals surface area contributed by atoms with Crippen LogP contribution >= 0.6 is 0 Å². The Bertz CT molecular complexity index is 1510. The van der Waals surface area contributed by atoms with Crippen molar-refractivity contribution in [2.24, 2.45) is 0 Å². The first-order valence-corrected chi connectivity index (χ1v) is 12.1. The number of nitro groups is 1. The lowest BCUT2D eigenvalue weighted by molar-refractivity contribution is -0.385. The van der Waals surface area contributed by atoms with Crippen molar-refractivity contribution in [2.75, 3.05) is 18.1 Å². The highest BCUT2D eigenvalue weighted by Crippen LogP contribution is 2.47. The fraction of sp³-hybridized carbons (Fsp3) is 0.179. The molecule has 0 fully saturated rings. The molecule has 0 bridgehead atoms. The molecule has 3 aromatic carbocycles. The quantitative estimate of drug-likeness (QED) is 0.192. The molecule has 0 saturated carbocycles. The highest BCUT2D eigenvalue weighted by Gasteiger charge is 2.45. The van der Waals surface area contributed by atoms with Crippen LogP contribution in [0, 0.1) is 10.1 Å². The van der Waals surface area contributed by atoms with Crippen LogP contribution in [0.25, 0.3) is 11.3 Å². The Balaban J connectivity index is 1.66. The summed E-state index contributed by atoms with van der Waals surface area (Å²) >= 11 is 0. The van der Waals surface area contributed by atoms with E-state index in [1.165, 1.54) is 11.0 Å². The molecule has 1 aliphatic heterocycles. The third-order valence-corrected chi connectivity index (χ3v) is 6.29. The van der Waals surface area contributed by atoms with Gasteiger partial charge in [-0.15, -0.1) is 0 Å². The van der Waals surface area contributed by atoms with Gasteiger partial charge in [-0.05, 0) is 68.4 Å². The summed E-state index contributed by atoms with van der Waals surface area (Å²) in [6.45, 7) is 4.37. The van der Waals surface area contributed by atoms with E-state index in [9.17, 15) is 19.7 Å². The predicted molar refractivity (Wildman–Crippen MR) is 139 cm³/mol. The van der Waals surface area contributed by atoms with Crippen LogP contribution in [0.5, 0.6) is 5.75 Å². The van der Waals surface area contributed by atoms with Gasteiger partial charge in [-0.3, -0.25) is 24.9 Å². The minimum atomic E-state index is -0.840. The second kappa shape index (κ2) is 10.2. The van der Waals surface area contributed by atoms with Gasteiger partial charge >= 0.3 is 5.97 Å². The van der Waals surface area contributed by atoms with Crippen LogP contribution in [0.3, 0.4) is 0 Å². The molecular weight excluding hydrogens is 488 g/mol. The van der Waals surface area contributed by atoms with Crippen LogP contribution in [0.4, 0.5) is 11.4 Å². The van der Waals surface area contributed by atoms with E-state index in [0.717, 1.165) is 5.56 Å². The first kappa shape index (κ1) is 24.7. The number of amides is 1. The molecule has 1 atom stereocenters. The standard InChI is InChI=1S/C28H24N4O6/c1-3-37-20-15-11-17(12-16-20)24-23-25(30-29-24)27(33)31(19-13-9-18(10-14-19)28(34)38-4-2)26(23)21-7-5-6-8-22(21)32(35)36/h5-16,26H,3-4H2,1-2H3,(H,29,30)/t26-/m0/s1. The fourth-order valence-electron chi connectivity index (χ4n) is 4.66. The molecule has 192 valence electrons. The van der Waals surface area contributed by atoms with Gasteiger partial charge in [0.2, 0.25) is 0 Å². The van der Waals surface area contributed by atoms with Gasteiger partial charge in [-0.1, -0.05) is 12.1 Å². The van der Waals surface area contributed by atoms with Crippen molar-refractivity contribution >= 4 is 23.3 Å². The number of hydrogen-bond donors (Lipinski definition) is 1. The molecule has 0 radical (unpaired) electrons. The van der Waals surface area contributed by atoms with Gasteiger partial charge in [0.05, 0.1) is 41.0 Å². The van der Waals surface area contributed by atoms with Crippen LogP contribution in [0.1, 0.15) is 51.9 Å². The number of nitro benzene ring substituents is 1. The highest BCUT2D eigenvalue weighted by molar-refractivity contribution is 6.12. The van der Waals surface area contributed by atoms with Gasteiger partial charge in [-0.25, -0.2) is 4.79 Å². The van der Waals surface area contributed by atoms with Crippen molar-refractivity contribution in [3.63, 3.8) is 0 Å². The molecule has 10 nitrogen and oxygen atoms in total. The average molecular weight is 513 g/mol. The van der Waals surface area contributed by atoms with E-state index in [1.807, 2.05) is 31.2 Å². The summed E-state index contributed by atoms with van der Waals surface area (Å²) in [5.74, 6) is -0.177. The van der Waals surface area contributed by atoms with Crippen LogP contribution < -0.4 is 9.64 Å². The molecule has 1 aliphatic rings. The van der Waals surface area contributed by atoms with Gasteiger partial charge < -0.3 is 9.47 Å². The summed E-state index contributed by atoms with van der Waals surface area (Å²) in [4.78, 5) is 38.9. The summed E-state index contributed by atoms with van der Waals surface area (Å²) in [5, 5.41) is 19.3. The number of hydrogen-bond acceptors (Lipinski definition) is 7. The van der Waals surface area contributed by atoms with Crippen LogP contribution in [-0.4, -0.2) is 40.2 Å². The molecule has 38 heavy (non-hydrogen) atoms. The second-order valence-corrected chi connectivity index (χ2v) is 8.48. The minimum absolute atomic E-state index is 0.120. The van der Waals surface area contributed by atoms with Crippen molar-refractivity contribution in [3.05, 3.63) is 105 Å². The maximum Gasteiger partial charge on any atom is 0.338 e. The molecule has 0 saturated heterocycles. The van der Waals surface area contributed by atoms with Gasteiger partial charge in [0.15, 0.2) is 0 Å². The summed E-state index contributed by atoms with van der Waals surface area (Å²) in [6.07, 6.45) is 0. The van der Waals surface area contributed by atoms with E-state index in [-0.39, 0.29) is 18.0 Å². The summed E-state index contributed by atoms with van der Waals surface area (Å²) in [6, 6.07) is 19.2. The third kappa shape index (κ3) is 4.26. The molecular formula is C28H24N4O6. The van der Waals surface area contributed by atoms with Crippen molar-refractivity contribution in [1.29, 1.82) is 0 Å². The molecule has 0 aliphatic carbocycles. The van der Waals surface area contributed by atoms with Crippen LogP contribution in [0.15, 0.2) is 72.8 Å². The number of nitrogens with zero attached hydrogens (tertiary/aromatic N) is 3. The van der Waals surface area contributed by atoms with Gasteiger partial charge in [0, 0.05) is 22.9 Å². The lowest BCUT2D eigenvalue weighted by Gasteiger charge is -2.26. The number of nitrogens with one attached hydrogen (secondary N) is 1. The van der Waals surface area contributed by atoms with Crippen molar-refractivity contribution < 1.29 is 24.0 Å². The molecule has 5 rings (SSSR count). The van der Waals surface area contributed by atoms with Crippen LogP contribution in [0.2, 0.25) is 0 Å². The number of para-hydroxylation sites is 1.